The Labute approximate surface area is 175 Å². The zero-order chi connectivity index (χ0) is 22.5. The highest BCUT2D eigenvalue weighted by Crippen LogP contribution is 2.28. The lowest BCUT2D eigenvalue weighted by Gasteiger charge is -2.31. The average molecular weight is 436 g/mol. The Morgan fingerprint density at radius 2 is 1.90 bits per heavy atom. The number of nitro benzene ring substituents is 1. The van der Waals surface area contributed by atoms with Gasteiger partial charge in [0.1, 0.15) is 11.8 Å². The van der Waals surface area contributed by atoms with Gasteiger partial charge in [-0.15, -0.1) is 0 Å². The lowest BCUT2D eigenvalue weighted by Crippen LogP contribution is -2.49. The highest BCUT2D eigenvalue weighted by molar-refractivity contribution is 7.92. The normalized spacial score (nSPS) is 13.2. The molecular formula is C20H25N3O6S. The zero-order valence-electron chi connectivity index (χ0n) is 17.2. The molecule has 0 spiro atoms. The molecule has 1 N–H and O–H groups in total. The first-order chi connectivity index (χ1) is 14.1. The summed E-state index contributed by atoms with van der Waals surface area (Å²) >= 11 is 0. The molecule has 9 nitrogen and oxygen atoms in total. The highest BCUT2D eigenvalue weighted by atomic mass is 32.2. The molecule has 0 aromatic heterocycles. The van der Waals surface area contributed by atoms with Crippen LogP contribution in [-0.4, -0.2) is 38.7 Å². The first-order valence-corrected chi connectivity index (χ1v) is 11.1. The molecule has 0 saturated carbocycles. The topological polar surface area (TPSA) is 119 Å². The number of carbonyl (C=O) groups excluding carboxylic acids is 1. The van der Waals surface area contributed by atoms with Crippen molar-refractivity contribution in [3.8, 4) is 5.75 Å². The SMILES string of the molecule is CC[C@H](C(=O)N[C@H](C)c1ccccc1OC)N(c1cccc([N+](=O)[O-])c1)S(C)(=O)=O. The minimum absolute atomic E-state index is 0.0543. The Morgan fingerprint density at radius 1 is 1.23 bits per heavy atom. The number of nitro groups is 1. The van der Waals surface area contributed by atoms with Gasteiger partial charge in [0.2, 0.25) is 15.9 Å². The number of ether oxygens (including phenoxy) is 1. The third kappa shape index (κ3) is 5.26. The average Bonchev–Trinajstić information content (AvgIpc) is 2.70. The Morgan fingerprint density at radius 3 is 2.47 bits per heavy atom. The van der Waals surface area contributed by atoms with E-state index in [9.17, 15) is 23.3 Å². The zero-order valence-corrected chi connectivity index (χ0v) is 18.0. The van der Waals surface area contributed by atoms with Crippen molar-refractivity contribution in [3.05, 3.63) is 64.2 Å². The Bertz CT molecular complexity index is 1020. The predicted octanol–water partition coefficient (Wildman–Crippen LogP) is 3.03. The summed E-state index contributed by atoms with van der Waals surface area (Å²) in [6.07, 6.45) is 1.13. The summed E-state index contributed by atoms with van der Waals surface area (Å²) in [6.45, 7) is 3.44. The summed E-state index contributed by atoms with van der Waals surface area (Å²) in [7, 11) is -2.38. The van der Waals surface area contributed by atoms with E-state index in [1.165, 1.54) is 25.3 Å². The summed E-state index contributed by atoms with van der Waals surface area (Å²) < 4.78 is 31.3. The van der Waals surface area contributed by atoms with Crippen LogP contribution in [0.25, 0.3) is 0 Å². The molecule has 0 radical (unpaired) electrons. The molecule has 30 heavy (non-hydrogen) atoms. The number of carbonyl (C=O) groups is 1. The molecule has 2 aromatic rings. The molecule has 1 amide bonds. The van der Waals surface area contributed by atoms with Gasteiger partial charge in [0.15, 0.2) is 0 Å². The van der Waals surface area contributed by atoms with Gasteiger partial charge in [-0.2, -0.15) is 0 Å². The van der Waals surface area contributed by atoms with E-state index < -0.39 is 32.9 Å². The van der Waals surface area contributed by atoms with E-state index in [0.717, 1.165) is 22.2 Å². The van der Waals surface area contributed by atoms with Crippen LogP contribution < -0.4 is 14.4 Å². The molecule has 0 heterocycles. The third-order valence-electron chi connectivity index (χ3n) is 4.59. The first-order valence-electron chi connectivity index (χ1n) is 9.27. The maximum atomic E-state index is 13.0. The largest absolute Gasteiger partial charge is 0.496 e. The summed E-state index contributed by atoms with van der Waals surface area (Å²) in [6, 6.07) is 10.9. The molecule has 0 fully saturated rings. The monoisotopic (exact) mass is 435 g/mol. The number of sulfonamides is 1. The lowest BCUT2D eigenvalue weighted by molar-refractivity contribution is -0.384. The molecule has 0 aliphatic heterocycles. The lowest BCUT2D eigenvalue weighted by atomic mass is 10.1. The van der Waals surface area contributed by atoms with Crippen LogP contribution >= 0.6 is 0 Å². The van der Waals surface area contributed by atoms with Crippen molar-refractivity contribution in [2.45, 2.75) is 32.4 Å². The van der Waals surface area contributed by atoms with Crippen molar-refractivity contribution in [2.75, 3.05) is 17.7 Å². The van der Waals surface area contributed by atoms with Gasteiger partial charge >= 0.3 is 0 Å². The summed E-state index contributed by atoms with van der Waals surface area (Å²) in [5.74, 6) is 0.0739. The number of methoxy groups -OCH3 is 1. The number of amides is 1. The number of nitrogens with zero attached hydrogens (tertiary/aromatic N) is 2. The number of non-ortho nitro benzene ring substituents is 1. The number of benzene rings is 2. The van der Waals surface area contributed by atoms with Gasteiger partial charge in [-0.05, 0) is 25.5 Å². The number of nitrogens with one attached hydrogen (secondary N) is 1. The second kappa shape index (κ2) is 9.57. The number of anilines is 1. The van der Waals surface area contributed by atoms with E-state index in [1.807, 2.05) is 6.07 Å². The molecule has 0 aliphatic carbocycles. The van der Waals surface area contributed by atoms with Gasteiger partial charge in [-0.3, -0.25) is 19.2 Å². The minimum Gasteiger partial charge on any atom is -0.496 e. The molecule has 0 bridgehead atoms. The third-order valence-corrected chi connectivity index (χ3v) is 5.77. The number of hydrogen-bond donors (Lipinski definition) is 1. The van der Waals surface area contributed by atoms with E-state index >= 15 is 0 Å². The molecule has 2 aromatic carbocycles. The van der Waals surface area contributed by atoms with Gasteiger partial charge < -0.3 is 10.1 Å². The van der Waals surface area contributed by atoms with Gasteiger partial charge in [-0.25, -0.2) is 8.42 Å². The standard InChI is InChI=1S/C20H25N3O6S/c1-5-18(20(24)21-14(2)17-11-6-7-12-19(17)29-3)22(30(4,27)28)15-9-8-10-16(13-15)23(25)26/h6-14,18H,5H2,1-4H3,(H,21,24)/t14-,18-/m1/s1. The van der Waals surface area contributed by atoms with Gasteiger partial charge in [0.25, 0.3) is 5.69 Å². The van der Waals surface area contributed by atoms with Gasteiger partial charge in [0.05, 0.1) is 30.0 Å². The minimum atomic E-state index is -3.90. The van der Waals surface area contributed by atoms with Crippen LogP contribution in [0.4, 0.5) is 11.4 Å². The summed E-state index contributed by atoms with van der Waals surface area (Å²) in [5, 5.41) is 13.9. The number of para-hydroxylation sites is 1. The van der Waals surface area contributed by atoms with Crippen LogP contribution in [-0.2, 0) is 14.8 Å². The van der Waals surface area contributed by atoms with E-state index in [2.05, 4.69) is 5.32 Å². The second-order valence-corrected chi connectivity index (χ2v) is 8.59. The molecule has 10 heteroatoms. The Kier molecular flexibility index (Phi) is 7.38. The van der Waals surface area contributed by atoms with Crippen molar-refractivity contribution in [1.82, 2.24) is 5.32 Å². The van der Waals surface area contributed by atoms with Crippen molar-refractivity contribution in [2.24, 2.45) is 0 Å². The molecule has 2 rings (SSSR count). The molecule has 162 valence electrons. The molecule has 0 saturated heterocycles. The Hall–Kier alpha value is -3.14. The molecular weight excluding hydrogens is 410 g/mol. The Balaban J connectivity index is 2.39. The van der Waals surface area contributed by atoms with Gasteiger partial charge in [-0.1, -0.05) is 31.2 Å². The quantitative estimate of drug-likeness (QED) is 0.478. The van der Waals surface area contributed by atoms with E-state index in [-0.39, 0.29) is 17.8 Å². The summed E-state index contributed by atoms with van der Waals surface area (Å²) in [4.78, 5) is 23.5. The number of hydrogen-bond acceptors (Lipinski definition) is 6. The predicted molar refractivity (Wildman–Crippen MR) is 114 cm³/mol. The van der Waals surface area contributed by atoms with Crippen LogP contribution in [0.2, 0.25) is 0 Å². The van der Waals surface area contributed by atoms with Crippen LogP contribution in [0.5, 0.6) is 5.75 Å². The highest BCUT2D eigenvalue weighted by Gasteiger charge is 2.33. The molecule has 0 unspecified atom stereocenters. The fourth-order valence-corrected chi connectivity index (χ4v) is 4.42. The number of rotatable bonds is 9. The second-order valence-electron chi connectivity index (χ2n) is 6.73. The van der Waals surface area contributed by atoms with Crippen molar-refractivity contribution >= 4 is 27.3 Å². The van der Waals surface area contributed by atoms with Crippen molar-refractivity contribution < 1.29 is 22.9 Å². The maximum Gasteiger partial charge on any atom is 0.271 e. The van der Waals surface area contributed by atoms with Crippen LogP contribution in [0, 0.1) is 10.1 Å². The fraction of sp³-hybridized carbons (Fsp3) is 0.350. The van der Waals surface area contributed by atoms with Crippen LogP contribution in [0.15, 0.2) is 48.5 Å². The van der Waals surface area contributed by atoms with Crippen molar-refractivity contribution in [3.63, 3.8) is 0 Å². The fourth-order valence-electron chi connectivity index (χ4n) is 3.22. The van der Waals surface area contributed by atoms with E-state index in [0.29, 0.717) is 5.75 Å². The van der Waals surface area contributed by atoms with E-state index in [1.54, 1.807) is 32.0 Å². The van der Waals surface area contributed by atoms with E-state index in [4.69, 9.17) is 4.74 Å². The first kappa shape index (κ1) is 23.1. The summed E-state index contributed by atoms with van der Waals surface area (Å²) in [5.41, 5.74) is 0.530. The smallest absolute Gasteiger partial charge is 0.271 e. The molecule has 0 aliphatic rings. The molecule has 2 atom stereocenters. The van der Waals surface area contributed by atoms with Gasteiger partial charge in [0, 0.05) is 17.7 Å². The maximum absolute atomic E-state index is 13.0. The van der Waals surface area contributed by atoms with Crippen LogP contribution in [0.1, 0.15) is 31.9 Å². The van der Waals surface area contributed by atoms with Crippen LogP contribution in [0.3, 0.4) is 0 Å². The van der Waals surface area contributed by atoms with Crippen molar-refractivity contribution in [1.29, 1.82) is 0 Å².